The van der Waals surface area contributed by atoms with Crippen molar-refractivity contribution in [1.82, 2.24) is 4.98 Å². The molecule has 2 aliphatic heterocycles. The number of ether oxygens (including phenoxy) is 2. The molecule has 1 saturated heterocycles. The van der Waals surface area contributed by atoms with Crippen molar-refractivity contribution in [3.8, 4) is 17.1 Å². The molecule has 0 N–H and O–H groups in total. The Kier molecular flexibility index (Phi) is 2.37. The maximum Gasteiger partial charge on any atom is 0.346 e. The van der Waals surface area contributed by atoms with E-state index in [1.165, 1.54) is 0 Å². The van der Waals surface area contributed by atoms with E-state index in [2.05, 4.69) is 4.98 Å². The molecule has 5 nitrogen and oxygen atoms in total. The van der Waals surface area contributed by atoms with Crippen LogP contribution in [0.15, 0.2) is 39.8 Å². The Balaban J connectivity index is 1.63. The highest BCUT2D eigenvalue weighted by atomic mass is 16.7. The molecule has 3 unspecified atom stereocenters. The van der Waals surface area contributed by atoms with Gasteiger partial charge < -0.3 is 13.9 Å². The Morgan fingerprint density at radius 1 is 1.32 bits per heavy atom. The summed E-state index contributed by atoms with van der Waals surface area (Å²) in [5.41, 5.74) is 0.687. The van der Waals surface area contributed by atoms with Gasteiger partial charge in [-0.2, -0.15) is 0 Å². The molecule has 22 heavy (non-hydrogen) atoms. The van der Waals surface area contributed by atoms with E-state index < -0.39 is 0 Å². The van der Waals surface area contributed by atoms with Crippen molar-refractivity contribution in [2.24, 2.45) is 0 Å². The molecule has 2 aromatic heterocycles. The quantitative estimate of drug-likeness (QED) is 0.757. The van der Waals surface area contributed by atoms with Crippen molar-refractivity contribution in [2.75, 3.05) is 0 Å². The summed E-state index contributed by atoms with van der Waals surface area (Å²) in [7, 11) is 0. The van der Waals surface area contributed by atoms with Gasteiger partial charge >= 0.3 is 5.63 Å². The first-order valence-corrected chi connectivity index (χ1v) is 7.71. The molecule has 0 radical (unpaired) electrons. The van der Waals surface area contributed by atoms with Crippen LogP contribution in [0.2, 0.25) is 0 Å². The lowest BCUT2D eigenvalue weighted by molar-refractivity contribution is 0.0579. The van der Waals surface area contributed by atoms with Crippen molar-refractivity contribution >= 4 is 0 Å². The highest BCUT2D eigenvalue weighted by Gasteiger charge is 2.68. The fourth-order valence-corrected chi connectivity index (χ4v) is 3.84. The molecule has 1 saturated carbocycles. The highest BCUT2D eigenvalue weighted by molar-refractivity contribution is 5.59. The van der Waals surface area contributed by atoms with Gasteiger partial charge in [-0.1, -0.05) is 6.42 Å². The van der Waals surface area contributed by atoms with Crippen LogP contribution < -0.4 is 10.4 Å². The molecule has 1 aliphatic carbocycles. The van der Waals surface area contributed by atoms with E-state index >= 15 is 0 Å². The van der Waals surface area contributed by atoms with Gasteiger partial charge in [0.05, 0.1) is 0 Å². The van der Waals surface area contributed by atoms with E-state index in [1.54, 1.807) is 18.5 Å². The zero-order valence-electron chi connectivity index (χ0n) is 12.0. The lowest BCUT2D eigenvalue weighted by Gasteiger charge is -2.33. The van der Waals surface area contributed by atoms with Crippen LogP contribution in [-0.2, 0) is 4.74 Å². The van der Waals surface area contributed by atoms with Gasteiger partial charge in [0.1, 0.15) is 34.9 Å². The lowest BCUT2D eigenvalue weighted by Crippen LogP contribution is -2.42. The van der Waals surface area contributed by atoms with E-state index in [1.807, 2.05) is 12.1 Å². The first-order chi connectivity index (χ1) is 10.8. The van der Waals surface area contributed by atoms with Crippen LogP contribution in [0, 0.1) is 0 Å². The van der Waals surface area contributed by atoms with Crippen LogP contribution in [-0.4, -0.2) is 16.7 Å². The summed E-state index contributed by atoms with van der Waals surface area (Å²) in [6.45, 7) is 0. The summed E-state index contributed by atoms with van der Waals surface area (Å²) in [6, 6.07) is 5.47. The first-order valence-electron chi connectivity index (χ1n) is 7.71. The van der Waals surface area contributed by atoms with Gasteiger partial charge in [0.2, 0.25) is 0 Å². The van der Waals surface area contributed by atoms with E-state index in [0.29, 0.717) is 17.1 Å². The SMILES string of the molecule is O=c1oc(-c2cccnc2)cc2c1C1OC13CCCCC3O2. The molecular formula is C17H15NO4. The lowest BCUT2D eigenvalue weighted by atomic mass is 9.80. The smallest absolute Gasteiger partial charge is 0.346 e. The Bertz CT molecular complexity index is 800. The minimum Gasteiger partial charge on any atom is -0.486 e. The maximum atomic E-state index is 12.4. The zero-order valence-corrected chi connectivity index (χ0v) is 12.0. The fraction of sp³-hybridized carbons (Fsp3) is 0.412. The summed E-state index contributed by atoms with van der Waals surface area (Å²) in [6.07, 6.45) is 7.49. The number of epoxide rings is 1. The third-order valence-corrected chi connectivity index (χ3v) is 4.98. The normalized spacial score (nSPS) is 31.5. The fourth-order valence-electron chi connectivity index (χ4n) is 3.84. The minimum absolute atomic E-state index is 0.0577. The summed E-state index contributed by atoms with van der Waals surface area (Å²) in [4.78, 5) is 16.5. The number of hydrogen-bond donors (Lipinski definition) is 0. The van der Waals surface area contributed by atoms with Crippen molar-refractivity contribution in [1.29, 1.82) is 0 Å². The topological polar surface area (TPSA) is 64.9 Å². The second kappa shape index (κ2) is 4.20. The first kappa shape index (κ1) is 12.4. The Hall–Kier alpha value is -2.14. The van der Waals surface area contributed by atoms with Gasteiger partial charge in [0.15, 0.2) is 0 Å². The molecule has 2 aromatic rings. The Morgan fingerprint density at radius 3 is 3.14 bits per heavy atom. The average Bonchev–Trinajstić information content (AvgIpc) is 3.27. The van der Waals surface area contributed by atoms with Crippen molar-refractivity contribution in [3.63, 3.8) is 0 Å². The largest absolute Gasteiger partial charge is 0.486 e. The van der Waals surface area contributed by atoms with E-state index in [0.717, 1.165) is 31.2 Å². The summed E-state index contributed by atoms with van der Waals surface area (Å²) < 4.78 is 17.5. The molecule has 5 heteroatoms. The molecule has 2 fully saturated rings. The molecule has 0 aromatic carbocycles. The van der Waals surface area contributed by atoms with Crippen LogP contribution in [0.3, 0.4) is 0 Å². The van der Waals surface area contributed by atoms with Crippen LogP contribution in [0.5, 0.6) is 5.75 Å². The van der Waals surface area contributed by atoms with Crippen LogP contribution in [0.25, 0.3) is 11.3 Å². The van der Waals surface area contributed by atoms with Crippen molar-refractivity contribution < 1.29 is 13.9 Å². The molecule has 0 amide bonds. The maximum absolute atomic E-state index is 12.4. The van der Waals surface area contributed by atoms with Crippen LogP contribution in [0.1, 0.15) is 37.4 Å². The van der Waals surface area contributed by atoms with Gasteiger partial charge in [-0.3, -0.25) is 4.98 Å². The molecule has 3 atom stereocenters. The standard InChI is InChI=1S/C17H15NO4/c19-16-14-12(8-11(21-16)10-4-3-7-18-9-10)20-13-5-1-2-6-17(13)15(14)22-17/h3-4,7-9,13,15H,1-2,5-6H2. The molecule has 3 aliphatic rings. The summed E-state index contributed by atoms with van der Waals surface area (Å²) in [5.74, 6) is 1.10. The van der Waals surface area contributed by atoms with E-state index in [9.17, 15) is 4.79 Å². The van der Waals surface area contributed by atoms with Gasteiger partial charge in [0, 0.05) is 24.0 Å². The molecule has 0 bridgehead atoms. The van der Waals surface area contributed by atoms with Crippen LogP contribution in [0.4, 0.5) is 0 Å². The van der Waals surface area contributed by atoms with Crippen molar-refractivity contribution in [2.45, 2.75) is 43.5 Å². The van der Waals surface area contributed by atoms with Gasteiger partial charge in [0.25, 0.3) is 0 Å². The predicted molar refractivity (Wildman–Crippen MR) is 77.7 cm³/mol. The Labute approximate surface area is 126 Å². The molecule has 4 heterocycles. The number of hydrogen-bond acceptors (Lipinski definition) is 5. The van der Waals surface area contributed by atoms with Crippen molar-refractivity contribution in [3.05, 3.63) is 46.6 Å². The number of rotatable bonds is 1. The molecule has 1 spiro atoms. The van der Waals surface area contributed by atoms with E-state index in [-0.39, 0.29) is 23.4 Å². The molecule has 5 rings (SSSR count). The monoisotopic (exact) mass is 297 g/mol. The summed E-state index contributed by atoms with van der Waals surface area (Å²) in [5, 5.41) is 0. The van der Waals surface area contributed by atoms with Gasteiger partial charge in [-0.15, -0.1) is 0 Å². The predicted octanol–water partition coefficient (Wildman–Crippen LogP) is 2.85. The molecule has 112 valence electrons. The number of nitrogens with zero attached hydrogens (tertiary/aromatic N) is 1. The zero-order chi connectivity index (χ0) is 14.7. The van der Waals surface area contributed by atoms with Crippen LogP contribution >= 0.6 is 0 Å². The number of pyridine rings is 1. The third-order valence-electron chi connectivity index (χ3n) is 4.98. The second-order valence-electron chi connectivity index (χ2n) is 6.22. The van der Waals surface area contributed by atoms with Gasteiger partial charge in [-0.25, -0.2) is 4.79 Å². The number of aromatic nitrogens is 1. The minimum atomic E-state index is -0.359. The summed E-state index contributed by atoms with van der Waals surface area (Å²) >= 11 is 0. The molecular weight excluding hydrogens is 282 g/mol. The van der Waals surface area contributed by atoms with E-state index in [4.69, 9.17) is 13.9 Å². The third kappa shape index (κ3) is 1.57. The Morgan fingerprint density at radius 2 is 2.27 bits per heavy atom. The average molecular weight is 297 g/mol. The van der Waals surface area contributed by atoms with Gasteiger partial charge in [-0.05, 0) is 31.4 Å². The number of fused-ring (bicyclic) bond motifs is 2. The highest BCUT2D eigenvalue weighted by Crippen LogP contribution is 2.62. The second-order valence-corrected chi connectivity index (χ2v) is 6.22.